The maximum atomic E-state index is 14.1. The number of hydrogen-bond acceptors (Lipinski definition) is 2. The van der Waals surface area contributed by atoms with Crippen molar-refractivity contribution >= 4 is 11.6 Å². The van der Waals surface area contributed by atoms with Crippen molar-refractivity contribution in [1.29, 1.82) is 0 Å². The largest absolute Gasteiger partial charge is 0.300 e. The third-order valence-corrected chi connectivity index (χ3v) is 8.18. The van der Waals surface area contributed by atoms with Crippen molar-refractivity contribution < 1.29 is 14.0 Å². The molecule has 122 valence electrons. The van der Waals surface area contributed by atoms with Gasteiger partial charge in [-0.3, -0.25) is 9.59 Å². The molecule has 0 bridgehead atoms. The highest BCUT2D eigenvalue weighted by Gasteiger charge is 2.62. The summed E-state index contributed by atoms with van der Waals surface area (Å²) in [5, 5.41) is 0. The predicted molar refractivity (Wildman–Crippen MR) is 82.0 cm³/mol. The van der Waals surface area contributed by atoms with Crippen molar-refractivity contribution in [3.63, 3.8) is 0 Å². The number of hydrogen-bond donors (Lipinski definition) is 0. The summed E-state index contributed by atoms with van der Waals surface area (Å²) >= 11 is 0. The van der Waals surface area contributed by atoms with Crippen molar-refractivity contribution in [2.24, 2.45) is 34.5 Å². The van der Waals surface area contributed by atoms with E-state index < -0.39 is 11.6 Å². The molecule has 7 atom stereocenters. The molecular formula is C19H27FO2. The summed E-state index contributed by atoms with van der Waals surface area (Å²) in [5.74, 6) is 2.17. The van der Waals surface area contributed by atoms with E-state index in [0.717, 1.165) is 44.9 Å². The van der Waals surface area contributed by atoms with E-state index in [4.69, 9.17) is 0 Å². The highest BCUT2D eigenvalue weighted by atomic mass is 19.1. The Morgan fingerprint density at radius 2 is 1.82 bits per heavy atom. The van der Waals surface area contributed by atoms with Crippen molar-refractivity contribution in [3.05, 3.63) is 0 Å². The van der Waals surface area contributed by atoms with Crippen molar-refractivity contribution in [2.75, 3.05) is 0 Å². The van der Waals surface area contributed by atoms with E-state index in [9.17, 15) is 14.0 Å². The molecule has 0 N–H and O–H groups in total. The Balaban J connectivity index is 1.66. The molecule has 7 unspecified atom stereocenters. The summed E-state index contributed by atoms with van der Waals surface area (Å²) in [4.78, 5) is 24.2. The van der Waals surface area contributed by atoms with Gasteiger partial charge in [0, 0.05) is 18.3 Å². The summed E-state index contributed by atoms with van der Waals surface area (Å²) < 4.78 is 14.1. The second-order valence-corrected chi connectivity index (χ2v) is 8.92. The molecule has 0 aromatic rings. The van der Waals surface area contributed by atoms with Gasteiger partial charge in [-0.1, -0.05) is 13.8 Å². The van der Waals surface area contributed by atoms with E-state index >= 15 is 0 Å². The first-order valence-corrected chi connectivity index (χ1v) is 9.06. The first-order valence-electron chi connectivity index (χ1n) is 9.06. The van der Waals surface area contributed by atoms with Crippen LogP contribution >= 0.6 is 0 Å². The standard InChI is InChI=1S/C19H27FO2/c1-18-7-5-12(21)9-11(18)3-4-13-14(18)6-8-19(2)15(13)10-16(20)17(19)22/h11,13-16H,3-10H2,1-2H3. The lowest BCUT2D eigenvalue weighted by molar-refractivity contribution is -0.144. The average Bonchev–Trinajstić information content (AvgIpc) is 2.72. The minimum atomic E-state index is -1.23. The van der Waals surface area contributed by atoms with Crippen LogP contribution in [0.4, 0.5) is 4.39 Å². The second-order valence-electron chi connectivity index (χ2n) is 8.92. The maximum Gasteiger partial charge on any atom is 0.173 e. The lowest BCUT2D eigenvalue weighted by Gasteiger charge is -2.59. The Hall–Kier alpha value is -0.730. The van der Waals surface area contributed by atoms with E-state index in [0.29, 0.717) is 30.0 Å². The number of carbonyl (C=O) groups is 2. The molecule has 0 amide bonds. The molecule has 2 nitrogen and oxygen atoms in total. The van der Waals surface area contributed by atoms with Crippen molar-refractivity contribution in [2.45, 2.75) is 71.4 Å². The lowest BCUT2D eigenvalue weighted by Crippen LogP contribution is -2.53. The smallest absolute Gasteiger partial charge is 0.173 e. The molecule has 0 heterocycles. The van der Waals surface area contributed by atoms with Gasteiger partial charge in [-0.05, 0) is 67.6 Å². The highest BCUT2D eigenvalue weighted by Crippen LogP contribution is 2.65. The first kappa shape index (κ1) is 14.8. The third kappa shape index (κ3) is 1.77. The lowest BCUT2D eigenvalue weighted by atomic mass is 9.45. The Kier molecular flexibility index (Phi) is 3.13. The zero-order valence-corrected chi connectivity index (χ0v) is 13.7. The van der Waals surface area contributed by atoms with Crippen LogP contribution in [0.15, 0.2) is 0 Å². The van der Waals surface area contributed by atoms with Gasteiger partial charge in [0.05, 0.1) is 0 Å². The summed E-state index contributed by atoms with van der Waals surface area (Å²) in [6.07, 6.45) is 5.82. The number of alkyl halides is 1. The number of Topliss-reactive ketones (excluding diaryl/α,β-unsaturated/α-hetero) is 2. The number of halogens is 1. The fourth-order valence-corrected chi connectivity index (χ4v) is 6.79. The van der Waals surface area contributed by atoms with Crippen LogP contribution in [-0.4, -0.2) is 17.7 Å². The quantitative estimate of drug-likeness (QED) is 0.675. The molecule has 0 saturated heterocycles. The van der Waals surface area contributed by atoms with E-state index in [1.165, 1.54) is 0 Å². The van der Waals surface area contributed by atoms with Crippen molar-refractivity contribution in [3.8, 4) is 0 Å². The Labute approximate surface area is 132 Å². The fourth-order valence-electron chi connectivity index (χ4n) is 6.79. The Morgan fingerprint density at radius 1 is 1.05 bits per heavy atom. The number of rotatable bonds is 0. The summed E-state index contributed by atoms with van der Waals surface area (Å²) in [5.41, 5.74) is -0.163. The van der Waals surface area contributed by atoms with Gasteiger partial charge in [-0.2, -0.15) is 0 Å². The van der Waals surface area contributed by atoms with E-state index in [1.54, 1.807) is 0 Å². The summed E-state index contributed by atoms with van der Waals surface area (Å²) in [7, 11) is 0. The molecule has 0 radical (unpaired) electrons. The van der Waals surface area contributed by atoms with Crippen LogP contribution in [0.1, 0.15) is 65.2 Å². The molecule has 0 aliphatic heterocycles. The Bertz CT molecular complexity index is 530. The monoisotopic (exact) mass is 306 g/mol. The van der Waals surface area contributed by atoms with E-state index in [-0.39, 0.29) is 17.1 Å². The van der Waals surface area contributed by atoms with E-state index in [2.05, 4.69) is 6.92 Å². The Morgan fingerprint density at radius 3 is 2.59 bits per heavy atom. The van der Waals surface area contributed by atoms with Crippen LogP contribution in [-0.2, 0) is 9.59 Å². The van der Waals surface area contributed by atoms with Crippen LogP contribution in [0.25, 0.3) is 0 Å². The average molecular weight is 306 g/mol. The van der Waals surface area contributed by atoms with Gasteiger partial charge < -0.3 is 0 Å². The zero-order valence-electron chi connectivity index (χ0n) is 13.7. The number of ketones is 2. The van der Waals surface area contributed by atoms with Crippen LogP contribution in [0.2, 0.25) is 0 Å². The zero-order chi connectivity index (χ0) is 15.7. The molecule has 22 heavy (non-hydrogen) atoms. The highest BCUT2D eigenvalue weighted by molar-refractivity contribution is 5.91. The minimum Gasteiger partial charge on any atom is -0.300 e. The molecule has 4 rings (SSSR count). The van der Waals surface area contributed by atoms with Gasteiger partial charge >= 0.3 is 0 Å². The molecule has 3 heteroatoms. The summed E-state index contributed by atoms with van der Waals surface area (Å²) in [6.45, 7) is 4.40. The number of fused-ring (bicyclic) bond motifs is 5. The SMILES string of the molecule is CC12CCC3C(CCC4CC(=O)CCC43C)C1CC(F)C2=O. The van der Waals surface area contributed by atoms with Crippen LogP contribution < -0.4 is 0 Å². The molecule has 0 aromatic carbocycles. The van der Waals surface area contributed by atoms with Gasteiger partial charge in [0.25, 0.3) is 0 Å². The van der Waals surface area contributed by atoms with Gasteiger partial charge in [-0.25, -0.2) is 4.39 Å². The van der Waals surface area contributed by atoms with Gasteiger partial charge in [0.1, 0.15) is 5.78 Å². The van der Waals surface area contributed by atoms with Crippen LogP contribution in [0, 0.1) is 34.5 Å². The van der Waals surface area contributed by atoms with Gasteiger partial charge in [-0.15, -0.1) is 0 Å². The third-order valence-electron chi connectivity index (χ3n) is 8.18. The first-order chi connectivity index (χ1) is 10.4. The molecule has 0 spiro atoms. The van der Waals surface area contributed by atoms with Crippen LogP contribution in [0.5, 0.6) is 0 Å². The topological polar surface area (TPSA) is 34.1 Å². The molecule has 0 aromatic heterocycles. The number of carbonyl (C=O) groups excluding carboxylic acids is 2. The minimum absolute atomic E-state index is 0.123. The molecule has 4 aliphatic carbocycles. The maximum absolute atomic E-state index is 14.1. The fraction of sp³-hybridized carbons (Fsp3) is 0.895. The molecular weight excluding hydrogens is 279 g/mol. The normalized spacial score (nSPS) is 54.6. The predicted octanol–water partition coefficient (Wildman–Crippen LogP) is 4.12. The van der Waals surface area contributed by atoms with Crippen molar-refractivity contribution in [1.82, 2.24) is 0 Å². The van der Waals surface area contributed by atoms with Gasteiger partial charge in [0.15, 0.2) is 12.0 Å². The van der Waals surface area contributed by atoms with Gasteiger partial charge in [0.2, 0.25) is 0 Å². The molecule has 4 fully saturated rings. The second kappa shape index (κ2) is 4.64. The van der Waals surface area contributed by atoms with E-state index in [1.807, 2.05) is 6.92 Å². The molecule has 4 aliphatic rings. The summed E-state index contributed by atoms with van der Waals surface area (Å²) in [6, 6.07) is 0. The van der Waals surface area contributed by atoms with Crippen LogP contribution in [0.3, 0.4) is 0 Å². The molecule has 4 saturated carbocycles.